The average Bonchev–Trinajstić information content (AvgIpc) is 2.51. The van der Waals surface area contributed by atoms with Gasteiger partial charge in [0, 0.05) is 26.3 Å². The third-order valence-electron chi connectivity index (χ3n) is 1.76. The second-order valence-electron chi connectivity index (χ2n) is 3.08. The molecule has 74 valence electrons. The predicted molar refractivity (Wildman–Crippen MR) is 54.9 cm³/mol. The summed E-state index contributed by atoms with van der Waals surface area (Å²) >= 11 is 0. The van der Waals surface area contributed by atoms with E-state index in [9.17, 15) is 0 Å². The van der Waals surface area contributed by atoms with E-state index in [0.29, 0.717) is 0 Å². The van der Waals surface area contributed by atoms with E-state index < -0.39 is 0 Å². The van der Waals surface area contributed by atoms with Crippen LogP contribution in [0.25, 0.3) is 0 Å². The molecule has 0 aromatic carbocycles. The molecule has 1 aromatic heterocycles. The van der Waals surface area contributed by atoms with Gasteiger partial charge in [0.2, 0.25) is 0 Å². The van der Waals surface area contributed by atoms with Crippen molar-refractivity contribution in [2.45, 2.75) is 13.3 Å². The minimum absolute atomic E-state index is 0.950. The van der Waals surface area contributed by atoms with Crippen LogP contribution < -0.4 is 10.6 Å². The Hall–Kier alpha value is -1.03. The Balaban J connectivity index is 2.06. The van der Waals surface area contributed by atoms with Crippen molar-refractivity contribution in [2.24, 2.45) is 7.05 Å². The van der Waals surface area contributed by atoms with Crippen LogP contribution in [0.3, 0.4) is 0 Å². The molecule has 4 heteroatoms. The largest absolute Gasteiger partial charge is 0.381 e. The number of rotatable bonds is 6. The van der Waals surface area contributed by atoms with E-state index in [0.717, 1.165) is 25.3 Å². The molecule has 1 heterocycles. The Kier molecular flexibility index (Phi) is 4.32. The topological polar surface area (TPSA) is 41.9 Å². The highest BCUT2D eigenvalue weighted by Crippen LogP contribution is 2.01. The maximum Gasteiger partial charge on any atom is 0.0726 e. The smallest absolute Gasteiger partial charge is 0.0726 e. The highest BCUT2D eigenvalue weighted by Gasteiger charge is 1.92. The molecule has 0 aliphatic heterocycles. The summed E-state index contributed by atoms with van der Waals surface area (Å²) in [6, 6.07) is 0. The number of hydrogen-bond donors (Lipinski definition) is 2. The molecule has 0 saturated heterocycles. The second kappa shape index (κ2) is 5.59. The molecule has 2 N–H and O–H groups in total. The van der Waals surface area contributed by atoms with Crippen LogP contribution in [-0.4, -0.2) is 29.4 Å². The van der Waals surface area contributed by atoms with Gasteiger partial charge in [-0.2, -0.15) is 5.10 Å². The fourth-order valence-electron chi connectivity index (χ4n) is 1.11. The molecule has 0 unspecified atom stereocenters. The van der Waals surface area contributed by atoms with Crippen LogP contribution in [0.2, 0.25) is 0 Å². The quantitative estimate of drug-likeness (QED) is 0.640. The fraction of sp³-hybridized carbons (Fsp3) is 0.667. The van der Waals surface area contributed by atoms with Crippen LogP contribution in [0.5, 0.6) is 0 Å². The first-order valence-corrected chi connectivity index (χ1v) is 4.76. The van der Waals surface area contributed by atoms with Gasteiger partial charge in [0.25, 0.3) is 0 Å². The monoisotopic (exact) mass is 182 g/mol. The van der Waals surface area contributed by atoms with E-state index in [2.05, 4.69) is 22.7 Å². The standard InChI is InChI=1S/C9H18N4/c1-3-4-10-5-6-11-9-7-12-13(2)8-9/h7-8,10-11H,3-6H2,1-2H3. The van der Waals surface area contributed by atoms with Crippen LogP contribution in [0.1, 0.15) is 13.3 Å². The van der Waals surface area contributed by atoms with Gasteiger partial charge in [-0.25, -0.2) is 0 Å². The van der Waals surface area contributed by atoms with Crippen LogP contribution in [0.4, 0.5) is 5.69 Å². The first kappa shape index (κ1) is 10.1. The SMILES string of the molecule is CCCNCCNc1cnn(C)c1. The first-order valence-electron chi connectivity index (χ1n) is 4.76. The van der Waals surface area contributed by atoms with Gasteiger partial charge in [-0.1, -0.05) is 6.92 Å². The lowest BCUT2D eigenvalue weighted by Gasteiger charge is -2.03. The van der Waals surface area contributed by atoms with Gasteiger partial charge in [-0.05, 0) is 13.0 Å². The third-order valence-corrected chi connectivity index (χ3v) is 1.76. The number of aryl methyl sites for hydroxylation is 1. The van der Waals surface area contributed by atoms with Gasteiger partial charge in [0.1, 0.15) is 0 Å². The van der Waals surface area contributed by atoms with E-state index in [4.69, 9.17) is 0 Å². The summed E-state index contributed by atoms with van der Waals surface area (Å²) in [5, 5.41) is 10.7. The van der Waals surface area contributed by atoms with E-state index in [1.807, 2.05) is 19.4 Å². The molecule has 1 aromatic rings. The maximum atomic E-state index is 4.07. The zero-order chi connectivity index (χ0) is 9.52. The summed E-state index contributed by atoms with van der Waals surface area (Å²) < 4.78 is 1.79. The average molecular weight is 182 g/mol. The molecule has 0 fully saturated rings. The molecule has 4 nitrogen and oxygen atoms in total. The highest BCUT2D eigenvalue weighted by atomic mass is 15.3. The lowest BCUT2D eigenvalue weighted by molar-refractivity contribution is 0.688. The fourth-order valence-corrected chi connectivity index (χ4v) is 1.11. The number of nitrogens with one attached hydrogen (secondary N) is 2. The number of nitrogens with zero attached hydrogens (tertiary/aromatic N) is 2. The van der Waals surface area contributed by atoms with Crippen molar-refractivity contribution < 1.29 is 0 Å². The minimum atomic E-state index is 0.950. The van der Waals surface area contributed by atoms with Crippen LogP contribution >= 0.6 is 0 Å². The molecule has 0 aliphatic rings. The van der Waals surface area contributed by atoms with Crippen molar-refractivity contribution in [3.63, 3.8) is 0 Å². The van der Waals surface area contributed by atoms with Gasteiger partial charge in [0.15, 0.2) is 0 Å². The normalized spacial score (nSPS) is 10.3. The molecular formula is C9H18N4. The van der Waals surface area contributed by atoms with E-state index in [1.54, 1.807) is 4.68 Å². The molecule has 0 aliphatic carbocycles. The summed E-state index contributed by atoms with van der Waals surface area (Å²) in [6.07, 6.45) is 4.99. The summed E-state index contributed by atoms with van der Waals surface area (Å²) in [5.74, 6) is 0. The maximum absolute atomic E-state index is 4.07. The Bertz CT molecular complexity index is 231. The Labute approximate surface area is 79.3 Å². The zero-order valence-electron chi connectivity index (χ0n) is 8.38. The summed E-state index contributed by atoms with van der Waals surface area (Å²) in [4.78, 5) is 0. The summed E-state index contributed by atoms with van der Waals surface area (Å²) in [7, 11) is 1.92. The van der Waals surface area contributed by atoms with Gasteiger partial charge < -0.3 is 10.6 Å². The van der Waals surface area contributed by atoms with E-state index in [-0.39, 0.29) is 0 Å². The molecule has 0 saturated carbocycles. The van der Waals surface area contributed by atoms with Gasteiger partial charge >= 0.3 is 0 Å². The number of aromatic nitrogens is 2. The molecule has 0 bridgehead atoms. The molecule has 0 amide bonds. The second-order valence-corrected chi connectivity index (χ2v) is 3.08. The van der Waals surface area contributed by atoms with Crippen molar-refractivity contribution in [3.8, 4) is 0 Å². The van der Waals surface area contributed by atoms with Gasteiger partial charge in [-0.15, -0.1) is 0 Å². The van der Waals surface area contributed by atoms with Crippen molar-refractivity contribution >= 4 is 5.69 Å². The Morgan fingerprint density at radius 3 is 2.85 bits per heavy atom. The predicted octanol–water partition coefficient (Wildman–Crippen LogP) is 0.832. The minimum Gasteiger partial charge on any atom is -0.381 e. The van der Waals surface area contributed by atoms with Crippen molar-refractivity contribution in [1.29, 1.82) is 0 Å². The Morgan fingerprint density at radius 2 is 2.23 bits per heavy atom. The van der Waals surface area contributed by atoms with Crippen molar-refractivity contribution in [1.82, 2.24) is 15.1 Å². The molecule has 13 heavy (non-hydrogen) atoms. The van der Waals surface area contributed by atoms with Crippen LogP contribution in [0.15, 0.2) is 12.4 Å². The lowest BCUT2D eigenvalue weighted by Crippen LogP contribution is -2.22. The van der Waals surface area contributed by atoms with E-state index in [1.165, 1.54) is 6.42 Å². The van der Waals surface area contributed by atoms with Gasteiger partial charge in [-0.3, -0.25) is 4.68 Å². The first-order chi connectivity index (χ1) is 6.33. The summed E-state index contributed by atoms with van der Waals surface area (Å²) in [6.45, 7) is 5.21. The zero-order valence-corrected chi connectivity index (χ0v) is 8.38. The molecule has 1 rings (SSSR count). The summed E-state index contributed by atoms with van der Waals surface area (Å²) in [5.41, 5.74) is 1.08. The number of anilines is 1. The molecule has 0 radical (unpaired) electrons. The van der Waals surface area contributed by atoms with Crippen molar-refractivity contribution in [2.75, 3.05) is 25.0 Å². The Morgan fingerprint density at radius 1 is 1.38 bits per heavy atom. The lowest BCUT2D eigenvalue weighted by atomic mass is 10.4. The molecule has 0 atom stereocenters. The van der Waals surface area contributed by atoms with Gasteiger partial charge in [0.05, 0.1) is 11.9 Å². The number of hydrogen-bond acceptors (Lipinski definition) is 3. The van der Waals surface area contributed by atoms with Crippen molar-refractivity contribution in [3.05, 3.63) is 12.4 Å². The van der Waals surface area contributed by atoms with Crippen LogP contribution in [0, 0.1) is 0 Å². The highest BCUT2D eigenvalue weighted by molar-refractivity contribution is 5.37. The molecular weight excluding hydrogens is 164 g/mol. The molecule has 0 spiro atoms. The van der Waals surface area contributed by atoms with Crippen LogP contribution in [-0.2, 0) is 7.05 Å². The van der Waals surface area contributed by atoms with E-state index >= 15 is 0 Å². The third kappa shape index (κ3) is 3.94.